The Balaban J connectivity index is 2.16. The first-order valence-electron chi connectivity index (χ1n) is 6.56. The number of nitrogens with zero attached hydrogens (tertiary/aromatic N) is 1. The highest BCUT2D eigenvalue weighted by Gasteiger charge is 2.07. The Morgan fingerprint density at radius 2 is 1.83 bits per heavy atom. The van der Waals surface area contributed by atoms with Crippen LogP contribution in [0.25, 0.3) is 10.8 Å². The number of rotatable bonds is 5. The summed E-state index contributed by atoms with van der Waals surface area (Å²) in [5.41, 5.74) is 7.07. The van der Waals surface area contributed by atoms with Gasteiger partial charge in [-0.3, -0.25) is 0 Å². The average molecular weight is 242 g/mol. The van der Waals surface area contributed by atoms with Crippen LogP contribution in [0, 0.1) is 5.92 Å². The fourth-order valence-corrected chi connectivity index (χ4v) is 2.39. The molecule has 0 bridgehead atoms. The van der Waals surface area contributed by atoms with E-state index in [0.717, 1.165) is 19.6 Å². The maximum absolute atomic E-state index is 5.68. The van der Waals surface area contributed by atoms with E-state index in [0.29, 0.717) is 5.92 Å². The topological polar surface area (TPSA) is 29.3 Å². The van der Waals surface area contributed by atoms with E-state index < -0.39 is 0 Å². The van der Waals surface area contributed by atoms with Crippen molar-refractivity contribution in [1.29, 1.82) is 0 Å². The Labute approximate surface area is 109 Å². The maximum Gasteiger partial charge on any atom is 0.0236 e. The van der Waals surface area contributed by atoms with E-state index in [2.05, 4.69) is 61.3 Å². The van der Waals surface area contributed by atoms with E-state index in [9.17, 15) is 0 Å². The molecule has 2 rings (SSSR count). The first-order chi connectivity index (χ1) is 8.70. The molecule has 0 aliphatic heterocycles. The molecular formula is C16H22N2. The lowest BCUT2D eigenvalue weighted by Gasteiger charge is -2.21. The molecule has 2 aromatic rings. The van der Waals surface area contributed by atoms with Crippen LogP contribution in [0.2, 0.25) is 0 Å². The van der Waals surface area contributed by atoms with E-state index in [-0.39, 0.29) is 0 Å². The Kier molecular flexibility index (Phi) is 4.34. The summed E-state index contributed by atoms with van der Waals surface area (Å²) in [6.45, 7) is 4.96. The molecule has 0 saturated carbocycles. The van der Waals surface area contributed by atoms with Gasteiger partial charge in [0.25, 0.3) is 0 Å². The number of fused-ring (bicyclic) bond motifs is 1. The molecule has 0 heterocycles. The number of nitrogens with two attached hydrogens (primary N) is 1. The smallest absolute Gasteiger partial charge is 0.0236 e. The Bertz CT molecular complexity index is 502. The van der Waals surface area contributed by atoms with E-state index in [1.165, 1.54) is 16.3 Å². The summed E-state index contributed by atoms with van der Waals surface area (Å²) in [5, 5.41) is 2.67. The van der Waals surface area contributed by atoms with E-state index in [1.807, 2.05) is 0 Å². The fraction of sp³-hybridized carbons (Fsp3) is 0.375. The summed E-state index contributed by atoms with van der Waals surface area (Å²) in [6.07, 6.45) is 0. The van der Waals surface area contributed by atoms with Gasteiger partial charge in [-0.25, -0.2) is 0 Å². The number of hydrogen-bond acceptors (Lipinski definition) is 2. The van der Waals surface area contributed by atoms with Gasteiger partial charge in [0, 0.05) is 13.1 Å². The fourth-order valence-electron chi connectivity index (χ4n) is 2.39. The van der Waals surface area contributed by atoms with Crippen molar-refractivity contribution < 1.29 is 0 Å². The first-order valence-corrected chi connectivity index (χ1v) is 6.56. The van der Waals surface area contributed by atoms with Gasteiger partial charge < -0.3 is 10.6 Å². The molecule has 0 fully saturated rings. The van der Waals surface area contributed by atoms with Gasteiger partial charge >= 0.3 is 0 Å². The van der Waals surface area contributed by atoms with Crippen LogP contribution in [-0.2, 0) is 6.54 Å². The summed E-state index contributed by atoms with van der Waals surface area (Å²) >= 11 is 0. The van der Waals surface area contributed by atoms with Gasteiger partial charge in [0.15, 0.2) is 0 Å². The molecule has 2 nitrogen and oxygen atoms in total. The quantitative estimate of drug-likeness (QED) is 0.873. The average Bonchev–Trinajstić information content (AvgIpc) is 2.39. The zero-order valence-corrected chi connectivity index (χ0v) is 11.3. The summed E-state index contributed by atoms with van der Waals surface area (Å²) in [5.74, 6) is 0.546. The van der Waals surface area contributed by atoms with Crippen LogP contribution >= 0.6 is 0 Å². The van der Waals surface area contributed by atoms with Gasteiger partial charge in [-0.15, -0.1) is 0 Å². The molecular weight excluding hydrogens is 220 g/mol. The molecule has 0 amide bonds. The Morgan fingerprint density at radius 3 is 2.61 bits per heavy atom. The third-order valence-electron chi connectivity index (χ3n) is 3.35. The second-order valence-electron chi connectivity index (χ2n) is 5.18. The molecule has 1 unspecified atom stereocenters. The Hall–Kier alpha value is -1.38. The van der Waals surface area contributed by atoms with Gasteiger partial charge in [-0.2, -0.15) is 0 Å². The molecule has 2 N–H and O–H groups in total. The van der Waals surface area contributed by atoms with Gasteiger partial charge in [0.2, 0.25) is 0 Å². The third-order valence-corrected chi connectivity index (χ3v) is 3.35. The highest BCUT2D eigenvalue weighted by molar-refractivity contribution is 5.85. The lowest BCUT2D eigenvalue weighted by atomic mass is 10.0. The summed E-state index contributed by atoms with van der Waals surface area (Å²) in [4.78, 5) is 2.35. The molecule has 18 heavy (non-hydrogen) atoms. The minimum Gasteiger partial charge on any atom is -0.330 e. The molecule has 96 valence electrons. The second-order valence-corrected chi connectivity index (χ2v) is 5.18. The molecule has 2 heteroatoms. The summed E-state index contributed by atoms with van der Waals surface area (Å²) < 4.78 is 0. The monoisotopic (exact) mass is 242 g/mol. The van der Waals surface area contributed by atoms with Crippen LogP contribution in [-0.4, -0.2) is 25.0 Å². The summed E-state index contributed by atoms with van der Waals surface area (Å²) in [7, 11) is 2.16. The minimum atomic E-state index is 0.546. The van der Waals surface area contributed by atoms with Gasteiger partial charge in [0.1, 0.15) is 0 Å². The standard InChI is InChI=1S/C16H22N2/c1-13(10-17)11-18(2)12-15-8-5-7-14-6-3-4-9-16(14)15/h3-9,13H,10-12,17H2,1-2H3. The molecule has 0 spiro atoms. The Morgan fingerprint density at radius 1 is 1.11 bits per heavy atom. The van der Waals surface area contributed by atoms with E-state index in [4.69, 9.17) is 5.73 Å². The van der Waals surface area contributed by atoms with Crippen molar-refractivity contribution in [3.63, 3.8) is 0 Å². The third kappa shape index (κ3) is 3.09. The predicted molar refractivity (Wildman–Crippen MR) is 78.5 cm³/mol. The van der Waals surface area contributed by atoms with Gasteiger partial charge in [0.05, 0.1) is 0 Å². The van der Waals surface area contributed by atoms with Crippen LogP contribution in [0.4, 0.5) is 0 Å². The van der Waals surface area contributed by atoms with Crippen LogP contribution in [0.15, 0.2) is 42.5 Å². The van der Waals surface area contributed by atoms with Crippen molar-refractivity contribution in [2.45, 2.75) is 13.5 Å². The molecule has 0 saturated heterocycles. The molecule has 0 radical (unpaired) electrons. The number of benzene rings is 2. The zero-order valence-electron chi connectivity index (χ0n) is 11.3. The normalized spacial score (nSPS) is 13.1. The minimum absolute atomic E-state index is 0.546. The van der Waals surface area contributed by atoms with Crippen molar-refractivity contribution in [3.05, 3.63) is 48.0 Å². The second kappa shape index (κ2) is 5.98. The van der Waals surface area contributed by atoms with Crippen LogP contribution in [0.3, 0.4) is 0 Å². The lowest BCUT2D eigenvalue weighted by molar-refractivity contribution is 0.283. The van der Waals surface area contributed by atoms with E-state index >= 15 is 0 Å². The van der Waals surface area contributed by atoms with E-state index in [1.54, 1.807) is 0 Å². The zero-order chi connectivity index (χ0) is 13.0. The molecule has 1 atom stereocenters. The highest BCUT2D eigenvalue weighted by Crippen LogP contribution is 2.19. The van der Waals surface area contributed by atoms with Crippen molar-refractivity contribution in [3.8, 4) is 0 Å². The molecule has 2 aromatic carbocycles. The predicted octanol–water partition coefficient (Wildman–Crippen LogP) is 2.87. The maximum atomic E-state index is 5.68. The van der Waals surface area contributed by atoms with Crippen molar-refractivity contribution in [2.75, 3.05) is 20.1 Å². The van der Waals surface area contributed by atoms with Crippen LogP contribution in [0.5, 0.6) is 0 Å². The molecule has 0 aliphatic carbocycles. The molecule has 0 aliphatic rings. The van der Waals surface area contributed by atoms with Crippen molar-refractivity contribution >= 4 is 10.8 Å². The van der Waals surface area contributed by atoms with Gasteiger partial charge in [-0.1, -0.05) is 49.4 Å². The van der Waals surface area contributed by atoms with Crippen LogP contribution < -0.4 is 5.73 Å². The number of hydrogen-bond donors (Lipinski definition) is 1. The van der Waals surface area contributed by atoms with Gasteiger partial charge in [-0.05, 0) is 35.8 Å². The largest absolute Gasteiger partial charge is 0.330 e. The molecule has 0 aromatic heterocycles. The van der Waals surface area contributed by atoms with Crippen molar-refractivity contribution in [1.82, 2.24) is 4.90 Å². The first kappa shape index (κ1) is 13.1. The summed E-state index contributed by atoms with van der Waals surface area (Å²) in [6, 6.07) is 15.1. The van der Waals surface area contributed by atoms with Crippen LogP contribution in [0.1, 0.15) is 12.5 Å². The van der Waals surface area contributed by atoms with Crippen molar-refractivity contribution in [2.24, 2.45) is 11.7 Å². The SMILES string of the molecule is CC(CN)CN(C)Cc1cccc2ccccc12. The lowest BCUT2D eigenvalue weighted by Crippen LogP contribution is -2.28. The highest BCUT2D eigenvalue weighted by atomic mass is 15.1.